The molecule has 0 aliphatic carbocycles. The van der Waals surface area contributed by atoms with Crippen molar-refractivity contribution in [3.8, 4) is 0 Å². The van der Waals surface area contributed by atoms with Crippen LogP contribution in [0.4, 0.5) is 11.4 Å². The summed E-state index contributed by atoms with van der Waals surface area (Å²) in [4.78, 5) is 42.4. The van der Waals surface area contributed by atoms with Gasteiger partial charge in [0.15, 0.2) is 15.4 Å². The smallest absolute Gasteiger partial charge is 0.292 e. The van der Waals surface area contributed by atoms with E-state index in [9.17, 15) is 28.1 Å². The lowest BCUT2D eigenvalue weighted by Crippen LogP contribution is -2.62. The molecule has 3 aromatic carbocycles. The van der Waals surface area contributed by atoms with E-state index in [1.54, 1.807) is 61.5 Å². The number of nitrogens with zero attached hydrogens (tertiary/aromatic N) is 2. The highest BCUT2D eigenvalue weighted by Crippen LogP contribution is 2.35. The van der Waals surface area contributed by atoms with Crippen molar-refractivity contribution in [3.63, 3.8) is 0 Å². The highest BCUT2D eigenvalue weighted by molar-refractivity contribution is 7.90. The van der Waals surface area contributed by atoms with Crippen molar-refractivity contribution in [2.24, 2.45) is 11.7 Å². The summed E-state index contributed by atoms with van der Waals surface area (Å²) < 4.78 is 32.7. The lowest BCUT2D eigenvalue weighted by atomic mass is 9.79. The second kappa shape index (κ2) is 11.0. The summed E-state index contributed by atoms with van der Waals surface area (Å²) in [6.07, 6.45) is -0.0605. The van der Waals surface area contributed by atoms with E-state index in [1.165, 1.54) is 24.3 Å². The molecule has 11 nitrogen and oxygen atoms in total. The zero-order valence-corrected chi connectivity index (χ0v) is 21.8. The van der Waals surface area contributed by atoms with Crippen LogP contribution in [0, 0.1) is 16.0 Å². The SMILES string of the molecule is CC[C@H](C(=O)c1nc2ccccc2o1)C(CS(=O)(=O)Cc1ccccc1)(Nc1ccccc1[N+](=O)[O-])C(N)=O. The van der Waals surface area contributed by atoms with Crippen LogP contribution in [0.1, 0.15) is 29.6 Å². The summed E-state index contributed by atoms with van der Waals surface area (Å²) in [6.45, 7) is 1.58. The van der Waals surface area contributed by atoms with E-state index in [0.29, 0.717) is 16.7 Å². The quantitative estimate of drug-likeness (QED) is 0.150. The van der Waals surface area contributed by atoms with Crippen molar-refractivity contribution in [2.75, 3.05) is 11.1 Å². The number of fused-ring (bicyclic) bond motifs is 1. The summed E-state index contributed by atoms with van der Waals surface area (Å²) in [7, 11) is -4.12. The second-order valence-corrected chi connectivity index (χ2v) is 11.1. The molecule has 2 atom stereocenters. The molecule has 39 heavy (non-hydrogen) atoms. The number of benzene rings is 3. The maximum absolute atomic E-state index is 13.8. The number of anilines is 1. The number of aromatic nitrogens is 1. The van der Waals surface area contributed by atoms with Crippen molar-refractivity contribution in [3.05, 3.63) is 100 Å². The van der Waals surface area contributed by atoms with Crippen molar-refractivity contribution in [1.82, 2.24) is 4.98 Å². The molecule has 0 spiro atoms. The molecule has 0 bridgehead atoms. The molecule has 0 aliphatic heterocycles. The topological polar surface area (TPSA) is 176 Å². The number of rotatable bonds is 12. The first-order chi connectivity index (χ1) is 18.6. The molecule has 0 fully saturated rings. The van der Waals surface area contributed by atoms with Crippen LogP contribution in [-0.4, -0.2) is 41.3 Å². The van der Waals surface area contributed by atoms with Crippen molar-refractivity contribution < 1.29 is 27.3 Å². The molecule has 1 heterocycles. The predicted molar refractivity (Wildman–Crippen MR) is 145 cm³/mol. The number of ketones is 1. The summed E-state index contributed by atoms with van der Waals surface area (Å²) in [5, 5.41) is 14.5. The van der Waals surface area contributed by atoms with Gasteiger partial charge in [0.2, 0.25) is 11.7 Å². The lowest BCUT2D eigenvalue weighted by Gasteiger charge is -2.37. The van der Waals surface area contributed by atoms with Crippen molar-refractivity contribution >= 4 is 44.0 Å². The fourth-order valence-corrected chi connectivity index (χ4v) is 6.53. The minimum Gasteiger partial charge on any atom is -0.434 e. The number of hydrogen-bond donors (Lipinski definition) is 2. The molecular formula is C27H26N4O7S. The van der Waals surface area contributed by atoms with Gasteiger partial charge in [0.25, 0.3) is 11.6 Å². The maximum atomic E-state index is 13.8. The Labute approximate surface area is 224 Å². The first kappa shape index (κ1) is 27.5. The number of nitro benzene ring substituents is 1. The molecular weight excluding hydrogens is 524 g/mol. The number of oxazole rings is 1. The van der Waals surface area contributed by atoms with E-state index >= 15 is 0 Å². The van der Waals surface area contributed by atoms with Gasteiger partial charge in [0.05, 0.1) is 22.3 Å². The van der Waals surface area contributed by atoms with Gasteiger partial charge in [-0.1, -0.05) is 61.5 Å². The molecule has 12 heteroatoms. The van der Waals surface area contributed by atoms with Gasteiger partial charge in [-0.2, -0.15) is 0 Å². The Balaban J connectivity index is 1.85. The average Bonchev–Trinajstić information content (AvgIpc) is 3.33. The van der Waals surface area contributed by atoms with Gasteiger partial charge in [-0.15, -0.1) is 0 Å². The van der Waals surface area contributed by atoms with Crippen LogP contribution >= 0.6 is 0 Å². The van der Waals surface area contributed by atoms with E-state index in [-0.39, 0.29) is 18.0 Å². The summed E-state index contributed by atoms with van der Waals surface area (Å²) in [6, 6.07) is 20.3. The molecule has 1 unspecified atom stereocenters. The number of amides is 1. The first-order valence-corrected chi connectivity index (χ1v) is 13.8. The molecule has 4 aromatic rings. The number of nitrogens with one attached hydrogen (secondary N) is 1. The van der Waals surface area contributed by atoms with Crippen LogP contribution in [0.25, 0.3) is 11.1 Å². The standard InChI is InChI=1S/C27H26N4O7S/c1-2-19(24(32)25-29-21-13-7-9-15-23(21)38-25)27(26(28)33,30-20-12-6-8-14-22(20)31(34)35)17-39(36,37)16-18-10-4-3-5-11-18/h3-15,19,30H,2,16-17H2,1H3,(H2,28,33)/t19-,27?/m1/s1. The Kier molecular flexibility index (Phi) is 7.77. The third-order valence-electron chi connectivity index (χ3n) is 6.40. The highest BCUT2D eigenvalue weighted by atomic mass is 32.2. The zero-order chi connectivity index (χ0) is 28.2. The van der Waals surface area contributed by atoms with Crippen molar-refractivity contribution in [2.45, 2.75) is 24.6 Å². The Morgan fingerprint density at radius 3 is 2.33 bits per heavy atom. The lowest BCUT2D eigenvalue weighted by molar-refractivity contribution is -0.384. The number of carbonyl (C=O) groups excluding carboxylic acids is 2. The van der Waals surface area contributed by atoms with Gasteiger partial charge in [0.1, 0.15) is 16.7 Å². The minimum atomic E-state index is -4.12. The van der Waals surface area contributed by atoms with E-state index in [1.807, 2.05) is 0 Å². The predicted octanol–water partition coefficient (Wildman–Crippen LogP) is 3.90. The van der Waals surface area contributed by atoms with Gasteiger partial charge >= 0.3 is 0 Å². The van der Waals surface area contributed by atoms with Crippen LogP contribution in [0.3, 0.4) is 0 Å². The molecule has 1 amide bonds. The summed E-state index contributed by atoms with van der Waals surface area (Å²) >= 11 is 0. The van der Waals surface area contributed by atoms with Crippen molar-refractivity contribution in [1.29, 1.82) is 0 Å². The number of hydrogen-bond acceptors (Lipinski definition) is 9. The number of para-hydroxylation sites is 4. The van der Waals surface area contributed by atoms with Gasteiger partial charge in [0, 0.05) is 6.07 Å². The summed E-state index contributed by atoms with van der Waals surface area (Å²) in [5.74, 6) is -5.05. The molecule has 1 aromatic heterocycles. The Hall–Kier alpha value is -4.58. The molecule has 0 radical (unpaired) electrons. The molecule has 3 N–H and O–H groups in total. The first-order valence-electron chi connectivity index (χ1n) is 12.0. The Bertz CT molecular complexity index is 1600. The number of nitrogens with two attached hydrogens (primary N) is 1. The van der Waals surface area contributed by atoms with E-state index in [0.717, 1.165) is 0 Å². The number of primary amides is 1. The molecule has 4 rings (SSSR count). The van der Waals surface area contributed by atoms with Crippen LogP contribution in [0.5, 0.6) is 0 Å². The van der Waals surface area contributed by atoms with E-state index < -0.39 is 55.1 Å². The van der Waals surface area contributed by atoms with Gasteiger partial charge in [-0.3, -0.25) is 19.7 Å². The minimum absolute atomic E-state index is 0.0605. The Morgan fingerprint density at radius 1 is 1.05 bits per heavy atom. The second-order valence-electron chi connectivity index (χ2n) is 9.06. The number of nitro groups is 1. The third-order valence-corrected chi connectivity index (χ3v) is 8.07. The number of carbonyl (C=O) groups is 2. The molecule has 0 saturated carbocycles. The third kappa shape index (κ3) is 5.80. The average molecular weight is 551 g/mol. The van der Waals surface area contributed by atoms with Crippen LogP contribution in [0.2, 0.25) is 0 Å². The zero-order valence-electron chi connectivity index (χ0n) is 20.9. The highest BCUT2D eigenvalue weighted by Gasteiger charge is 2.52. The van der Waals surface area contributed by atoms with Crippen LogP contribution in [0.15, 0.2) is 83.3 Å². The fourth-order valence-electron chi connectivity index (χ4n) is 4.62. The maximum Gasteiger partial charge on any atom is 0.292 e. The largest absolute Gasteiger partial charge is 0.434 e. The number of sulfone groups is 1. The van der Waals surface area contributed by atoms with Gasteiger partial charge in [-0.25, -0.2) is 13.4 Å². The Morgan fingerprint density at radius 2 is 1.69 bits per heavy atom. The fraction of sp³-hybridized carbons (Fsp3) is 0.222. The van der Waals surface area contributed by atoms with Crippen LogP contribution < -0.4 is 11.1 Å². The normalized spacial score (nSPS) is 13.9. The monoisotopic (exact) mass is 550 g/mol. The molecule has 202 valence electrons. The van der Waals surface area contributed by atoms with E-state index in [4.69, 9.17) is 10.2 Å². The molecule has 0 aliphatic rings. The number of Topliss-reactive ketones (excluding diaryl/α,β-unsaturated/α-hetero) is 1. The van der Waals surface area contributed by atoms with Gasteiger partial charge in [-0.05, 0) is 30.2 Å². The van der Waals surface area contributed by atoms with Crippen LogP contribution in [-0.2, 0) is 20.4 Å². The summed E-state index contributed by atoms with van der Waals surface area (Å²) in [5.41, 5.74) is 4.17. The van der Waals surface area contributed by atoms with Gasteiger partial charge < -0.3 is 15.5 Å². The van der Waals surface area contributed by atoms with E-state index in [2.05, 4.69) is 10.3 Å². The molecule has 0 saturated heterocycles.